The van der Waals surface area contributed by atoms with E-state index < -0.39 is 5.97 Å². The average molecular weight is 288 g/mol. The van der Waals surface area contributed by atoms with Crippen LogP contribution < -0.4 is 4.74 Å². The number of hydrogen-bond acceptors (Lipinski definition) is 4. The van der Waals surface area contributed by atoms with E-state index in [2.05, 4.69) is 5.10 Å². The smallest absolute Gasteiger partial charge is 0.356 e. The number of rotatable bonds is 3. The standard InChI is InChI=1S/C14H12N2O3S/c1-16-11(7-10(15-16)14(17)18)8-3-4-12-9(5-6-20-12)13(8)19-2/h3-7H,1-2H3,(H,17,18). The Morgan fingerprint density at radius 2 is 2.20 bits per heavy atom. The molecular weight excluding hydrogens is 276 g/mol. The molecule has 0 atom stereocenters. The Morgan fingerprint density at radius 3 is 2.85 bits per heavy atom. The van der Waals surface area contributed by atoms with Crippen LogP contribution in [0, 0.1) is 0 Å². The zero-order chi connectivity index (χ0) is 14.3. The lowest BCUT2D eigenvalue weighted by Crippen LogP contribution is -1.99. The summed E-state index contributed by atoms with van der Waals surface area (Å²) in [5.41, 5.74) is 1.57. The van der Waals surface area contributed by atoms with Crippen molar-refractivity contribution in [3.05, 3.63) is 35.3 Å². The van der Waals surface area contributed by atoms with Gasteiger partial charge in [-0.1, -0.05) is 0 Å². The van der Waals surface area contributed by atoms with Gasteiger partial charge in [0, 0.05) is 22.7 Å². The first-order valence-electron chi connectivity index (χ1n) is 5.93. The molecule has 1 N–H and O–H groups in total. The molecular formula is C14H12N2O3S. The van der Waals surface area contributed by atoms with Crippen LogP contribution in [-0.4, -0.2) is 28.0 Å². The molecule has 5 nitrogen and oxygen atoms in total. The molecule has 0 amide bonds. The minimum Gasteiger partial charge on any atom is -0.495 e. The fraction of sp³-hybridized carbons (Fsp3) is 0.143. The number of aromatic carboxylic acids is 1. The van der Waals surface area contributed by atoms with Gasteiger partial charge in [-0.15, -0.1) is 11.3 Å². The molecule has 0 saturated heterocycles. The lowest BCUT2D eigenvalue weighted by atomic mass is 10.1. The van der Waals surface area contributed by atoms with E-state index in [4.69, 9.17) is 9.84 Å². The van der Waals surface area contributed by atoms with Crippen LogP contribution in [-0.2, 0) is 7.05 Å². The van der Waals surface area contributed by atoms with Gasteiger partial charge in [-0.05, 0) is 29.6 Å². The van der Waals surface area contributed by atoms with Crippen molar-refractivity contribution >= 4 is 27.4 Å². The van der Waals surface area contributed by atoms with Gasteiger partial charge in [0.1, 0.15) is 5.75 Å². The third-order valence-electron chi connectivity index (χ3n) is 3.16. The molecule has 0 aliphatic heterocycles. The molecule has 20 heavy (non-hydrogen) atoms. The average Bonchev–Trinajstić information content (AvgIpc) is 3.03. The van der Waals surface area contributed by atoms with E-state index in [1.165, 1.54) is 0 Å². The summed E-state index contributed by atoms with van der Waals surface area (Å²) >= 11 is 1.64. The lowest BCUT2D eigenvalue weighted by Gasteiger charge is -2.09. The molecule has 3 aromatic rings. The summed E-state index contributed by atoms with van der Waals surface area (Å²) in [6, 6.07) is 7.49. The van der Waals surface area contributed by atoms with Crippen molar-refractivity contribution in [2.75, 3.05) is 7.11 Å². The highest BCUT2D eigenvalue weighted by molar-refractivity contribution is 7.17. The molecule has 0 aliphatic rings. The molecule has 0 unspecified atom stereocenters. The summed E-state index contributed by atoms with van der Waals surface area (Å²) in [6.07, 6.45) is 0. The summed E-state index contributed by atoms with van der Waals surface area (Å²) in [5, 5.41) is 16.0. The Hall–Kier alpha value is -2.34. The number of methoxy groups -OCH3 is 1. The van der Waals surface area contributed by atoms with E-state index in [1.54, 1.807) is 36.2 Å². The van der Waals surface area contributed by atoms with Crippen LogP contribution in [0.2, 0.25) is 0 Å². The summed E-state index contributed by atoms with van der Waals surface area (Å²) in [5.74, 6) is -0.300. The third kappa shape index (κ3) is 1.85. The van der Waals surface area contributed by atoms with Crippen LogP contribution >= 0.6 is 11.3 Å². The maximum absolute atomic E-state index is 11.0. The molecule has 3 rings (SSSR count). The van der Waals surface area contributed by atoms with Gasteiger partial charge >= 0.3 is 5.97 Å². The first-order valence-corrected chi connectivity index (χ1v) is 6.81. The zero-order valence-electron chi connectivity index (χ0n) is 11.0. The quantitative estimate of drug-likeness (QED) is 0.804. The van der Waals surface area contributed by atoms with Crippen molar-refractivity contribution in [2.24, 2.45) is 7.05 Å². The largest absolute Gasteiger partial charge is 0.495 e. The fourth-order valence-electron chi connectivity index (χ4n) is 2.26. The van der Waals surface area contributed by atoms with E-state index in [9.17, 15) is 4.79 Å². The molecule has 6 heteroatoms. The van der Waals surface area contributed by atoms with Crippen molar-refractivity contribution < 1.29 is 14.6 Å². The van der Waals surface area contributed by atoms with Crippen molar-refractivity contribution in [3.8, 4) is 17.0 Å². The minimum atomic E-state index is -1.04. The van der Waals surface area contributed by atoms with Crippen molar-refractivity contribution in [1.29, 1.82) is 0 Å². The third-order valence-corrected chi connectivity index (χ3v) is 4.05. The molecule has 0 fully saturated rings. The van der Waals surface area contributed by atoms with Gasteiger partial charge in [0.15, 0.2) is 5.69 Å². The SMILES string of the molecule is COc1c(-c2cc(C(=O)O)nn2C)ccc2sccc12. The summed E-state index contributed by atoms with van der Waals surface area (Å²) in [6.45, 7) is 0. The van der Waals surface area contributed by atoms with E-state index >= 15 is 0 Å². The number of carboxylic acid groups (broad SMARTS) is 1. The van der Waals surface area contributed by atoms with Crippen LogP contribution in [0.4, 0.5) is 0 Å². The van der Waals surface area contributed by atoms with Gasteiger partial charge < -0.3 is 9.84 Å². The van der Waals surface area contributed by atoms with E-state index in [-0.39, 0.29) is 5.69 Å². The van der Waals surface area contributed by atoms with E-state index in [1.807, 2.05) is 23.6 Å². The fourth-order valence-corrected chi connectivity index (χ4v) is 3.05. The Morgan fingerprint density at radius 1 is 1.40 bits per heavy atom. The Balaban J connectivity index is 2.26. The number of nitrogens with zero attached hydrogens (tertiary/aromatic N) is 2. The van der Waals surface area contributed by atoms with Crippen LogP contribution in [0.5, 0.6) is 5.75 Å². The second-order valence-corrected chi connectivity index (χ2v) is 5.27. The number of fused-ring (bicyclic) bond motifs is 1. The molecule has 102 valence electrons. The molecule has 1 aromatic carbocycles. The number of thiophene rings is 1. The number of carbonyl (C=O) groups is 1. The highest BCUT2D eigenvalue weighted by atomic mass is 32.1. The van der Waals surface area contributed by atoms with E-state index in [0.29, 0.717) is 5.69 Å². The van der Waals surface area contributed by atoms with Gasteiger partial charge in [0.2, 0.25) is 0 Å². The summed E-state index contributed by atoms with van der Waals surface area (Å²) in [4.78, 5) is 11.0. The molecule has 2 aromatic heterocycles. The monoisotopic (exact) mass is 288 g/mol. The molecule has 0 radical (unpaired) electrons. The predicted octanol–water partition coefficient (Wildman–Crippen LogP) is 3.01. The topological polar surface area (TPSA) is 64.3 Å². The molecule has 0 saturated carbocycles. The number of ether oxygens (including phenoxy) is 1. The number of carboxylic acids is 1. The second kappa shape index (κ2) is 4.64. The highest BCUT2D eigenvalue weighted by Crippen LogP contribution is 2.38. The lowest BCUT2D eigenvalue weighted by molar-refractivity contribution is 0.0689. The first-order chi connectivity index (χ1) is 9.61. The second-order valence-electron chi connectivity index (χ2n) is 4.32. The van der Waals surface area contributed by atoms with Gasteiger partial charge in [-0.3, -0.25) is 4.68 Å². The maximum atomic E-state index is 11.0. The van der Waals surface area contributed by atoms with Crippen LogP contribution in [0.3, 0.4) is 0 Å². The number of aromatic nitrogens is 2. The number of aryl methyl sites for hydroxylation is 1. The highest BCUT2D eigenvalue weighted by Gasteiger charge is 2.17. The Bertz CT molecular complexity index is 804. The van der Waals surface area contributed by atoms with Gasteiger partial charge in [-0.2, -0.15) is 5.10 Å². The Kier molecular flexibility index (Phi) is 2.94. The first kappa shape index (κ1) is 12.7. The molecule has 2 heterocycles. The molecule has 0 bridgehead atoms. The predicted molar refractivity (Wildman–Crippen MR) is 77.5 cm³/mol. The summed E-state index contributed by atoms with van der Waals surface area (Å²) in [7, 11) is 3.34. The van der Waals surface area contributed by atoms with E-state index in [0.717, 1.165) is 21.4 Å². The van der Waals surface area contributed by atoms with Gasteiger partial charge in [-0.25, -0.2) is 4.79 Å². The van der Waals surface area contributed by atoms with Crippen LogP contribution in [0.15, 0.2) is 29.6 Å². The van der Waals surface area contributed by atoms with Crippen LogP contribution in [0.25, 0.3) is 21.3 Å². The summed E-state index contributed by atoms with van der Waals surface area (Å²) < 4.78 is 8.20. The van der Waals surface area contributed by atoms with Gasteiger partial charge in [0.25, 0.3) is 0 Å². The molecule has 0 spiro atoms. The number of benzene rings is 1. The molecule has 0 aliphatic carbocycles. The van der Waals surface area contributed by atoms with Crippen molar-refractivity contribution in [3.63, 3.8) is 0 Å². The van der Waals surface area contributed by atoms with Crippen molar-refractivity contribution in [2.45, 2.75) is 0 Å². The normalized spacial score (nSPS) is 10.9. The number of hydrogen-bond donors (Lipinski definition) is 1. The van der Waals surface area contributed by atoms with Crippen LogP contribution in [0.1, 0.15) is 10.5 Å². The van der Waals surface area contributed by atoms with Crippen molar-refractivity contribution in [1.82, 2.24) is 9.78 Å². The maximum Gasteiger partial charge on any atom is 0.356 e. The Labute approximate surface area is 119 Å². The zero-order valence-corrected chi connectivity index (χ0v) is 11.8. The van der Waals surface area contributed by atoms with Gasteiger partial charge in [0.05, 0.1) is 12.8 Å². The minimum absolute atomic E-state index is 0.0231.